The highest BCUT2D eigenvalue weighted by Gasteiger charge is 2.11. The molecule has 6 heteroatoms. The molecule has 0 unspecified atom stereocenters. The van der Waals surface area contributed by atoms with Crippen molar-refractivity contribution in [2.45, 2.75) is 32.6 Å². The Morgan fingerprint density at radius 2 is 1.15 bits per heavy atom. The zero-order valence-electron chi connectivity index (χ0n) is 18.5. The SMILES string of the molecule is CCCCCCOc1ccc(C(=O)Oc2ccc(OC(=O)c3ccc(C=O)cc3)cc2)cc1. The molecule has 0 aromatic heterocycles. The van der Waals surface area contributed by atoms with Crippen molar-refractivity contribution in [1.82, 2.24) is 0 Å². The summed E-state index contributed by atoms with van der Waals surface area (Å²) in [6, 6.07) is 19.1. The fourth-order valence-corrected chi connectivity index (χ4v) is 3.01. The highest BCUT2D eigenvalue weighted by Crippen LogP contribution is 2.21. The molecule has 0 aliphatic carbocycles. The highest BCUT2D eigenvalue weighted by atomic mass is 16.5. The third-order valence-corrected chi connectivity index (χ3v) is 4.88. The van der Waals surface area contributed by atoms with E-state index in [1.54, 1.807) is 48.5 Å². The summed E-state index contributed by atoms with van der Waals surface area (Å²) in [5.74, 6) is 0.301. The van der Waals surface area contributed by atoms with Gasteiger partial charge in [-0.25, -0.2) is 9.59 Å². The quantitative estimate of drug-likeness (QED) is 0.158. The number of carbonyl (C=O) groups is 3. The van der Waals surface area contributed by atoms with Crippen molar-refractivity contribution in [1.29, 1.82) is 0 Å². The minimum Gasteiger partial charge on any atom is -0.494 e. The van der Waals surface area contributed by atoms with Gasteiger partial charge in [-0.15, -0.1) is 0 Å². The first kappa shape index (κ1) is 23.7. The molecular weight excluding hydrogens is 420 g/mol. The van der Waals surface area contributed by atoms with Crippen LogP contribution in [0.2, 0.25) is 0 Å². The minimum absolute atomic E-state index is 0.305. The number of unbranched alkanes of at least 4 members (excludes halogenated alkanes) is 3. The van der Waals surface area contributed by atoms with Crippen LogP contribution in [0.5, 0.6) is 17.2 Å². The van der Waals surface area contributed by atoms with Gasteiger partial charge in [0.2, 0.25) is 0 Å². The fraction of sp³-hybridized carbons (Fsp3) is 0.222. The second-order valence-corrected chi connectivity index (χ2v) is 7.42. The predicted molar refractivity (Wildman–Crippen MR) is 124 cm³/mol. The number of hydrogen-bond donors (Lipinski definition) is 0. The molecule has 3 aromatic carbocycles. The van der Waals surface area contributed by atoms with Crippen LogP contribution >= 0.6 is 0 Å². The lowest BCUT2D eigenvalue weighted by atomic mass is 10.1. The smallest absolute Gasteiger partial charge is 0.343 e. The van der Waals surface area contributed by atoms with E-state index in [9.17, 15) is 14.4 Å². The first-order valence-corrected chi connectivity index (χ1v) is 10.9. The Morgan fingerprint density at radius 1 is 0.667 bits per heavy atom. The Morgan fingerprint density at radius 3 is 1.64 bits per heavy atom. The van der Waals surface area contributed by atoms with Crippen molar-refractivity contribution in [2.75, 3.05) is 6.61 Å². The van der Waals surface area contributed by atoms with Crippen molar-refractivity contribution in [2.24, 2.45) is 0 Å². The van der Waals surface area contributed by atoms with Gasteiger partial charge in [0.1, 0.15) is 23.5 Å². The van der Waals surface area contributed by atoms with E-state index in [0.717, 1.165) is 18.6 Å². The average Bonchev–Trinajstić information content (AvgIpc) is 2.85. The third kappa shape index (κ3) is 7.31. The minimum atomic E-state index is -0.551. The summed E-state index contributed by atoms with van der Waals surface area (Å²) >= 11 is 0. The lowest BCUT2D eigenvalue weighted by Crippen LogP contribution is -2.09. The van der Waals surface area contributed by atoms with Crippen LogP contribution in [0, 0.1) is 0 Å². The van der Waals surface area contributed by atoms with E-state index in [4.69, 9.17) is 14.2 Å². The molecule has 0 atom stereocenters. The first-order valence-electron chi connectivity index (χ1n) is 10.9. The Hall–Kier alpha value is -3.93. The third-order valence-electron chi connectivity index (χ3n) is 4.88. The second-order valence-electron chi connectivity index (χ2n) is 7.42. The van der Waals surface area contributed by atoms with Gasteiger partial charge in [0, 0.05) is 5.56 Å². The summed E-state index contributed by atoms with van der Waals surface area (Å²) in [5.41, 5.74) is 1.20. The molecule has 33 heavy (non-hydrogen) atoms. The van der Waals surface area contributed by atoms with Gasteiger partial charge in [-0.1, -0.05) is 38.3 Å². The molecular formula is C27H26O6. The van der Waals surface area contributed by atoms with Crippen molar-refractivity contribution in [3.8, 4) is 17.2 Å². The number of rotatable bonds is 11. The second kappa shape index (κ2) is 12.2. The van der Waals surface area contributed by atoms with Crippen LogP contribution in [-0.2, 0) is 0 Å². The summed E-state index contributed by atoms with van der Waals surface area (Å²) in [5, 5.41) is 0. The molecule has 0 spiro atoms. The van der Waals surface area contributed by atoms with Crippen molar-refractivity contribution >= 4 is 18.2 Å². The van der Waals surface area contributed by atoms with Crippen molar-refractivity contribution in [3.05, 3.63) is 89.5 Å². The van der Waals surface area contributed by atoms with E-state index in [0.29, 0.717) is 41.1 Å². The molecule has 0 saturated heterocycles. The summed E-state index contributed by atoms with van der Waals surface area (Å²) < 4.78 is 16.4. The topological polar surface area (TPSA) is 78.9 Å². The van der Waals surface area contributed by atoms with Crippen molar-refractivity contribution < 1.29 is 28.6 Å². The van der Waals surface area contributed by atoms with Crippen LogP contribution < -0.4 is 14.2 Å². The molecule has 0 aliphatic heterocycles. The molecule has 6 nitrogen and oxygen atoms in total. The molecule has 0 N–H and O–H groups in total. The number of hydrogen-bond acceptors (Lipinski definition) is 6. The standard InChI is InChI=1S/C27H26O6/c1-2-3-4-5-18-31-23-12-10-22(11-13-23)27(30)33-25-16-14-24(15-17-25)32-26(29)21-8-6-20(19-28)7-9-21/h6-17,19H,2-5,18H2,1H3. The number of benzene rings is 3. The number of esters is 2. The van der Waals surface area contributed by atoms with Crippen LogP contribution in [0.15, 0.2) is 72.8 Å². The van der Waals surface area contributed by atoms with Crippen LogP contribution in [0.1, 0.15) is 63.7 Å². The maximum absolute atomic E-state index is 12.4. The summed E-state index contributed by atoms with van der Waals surface area (Å²) in [6.45, 7) is 2.82. The zero-order valence-corrected chi connectivity index (χ0v) is 18.5. The van der Waals surface area contributed by atoms with Gasteiger partial charge >= 0.3 is 11.9 Å². The Balaban J connectivity index is 1.50. The molecule has 0 fully saturated rings. The largest absolute Gasteiger partial charge is 0.494 e. The van der Waals surface area contributed by atoms with Gasteiger partial charge in [0.15, 0.2) is 0 Å². The van der Waals surface area contributed by atoms with Gasteiger partial charge in [-0.2, -0.15) is 0 Å². The van der Waals surface area contributed by atoms with Crippen LogP contribution in [0.3, 0.4) is 0 Å². The van der Waals surface area contributed by atoms with E-state index < -0.39 is 11.9 Å². The van der Waals surface area contributed by atoms with E-state index >= 15 is 0 Å². The molecule has 3 rings (SSSR count). The number of aldehydes is 1. The lowest BCUT2D eigenvalue weighted by molar-refractivity contribution is 0.0719. The molecule has 0 saturated carbocycles. The zero-order chi connectivity index (χ0) is 23.5. The molecule has 0 radical (unpaired) electrons. The van der Waals surface area contributed by atoms with E-state index in [1.807, 2.05) is 0 Å². The lowest BCUT2D eigenvalue weighted by Gasteiger charge is -2.08. The van der Waals surface area contributed by atoms with E-state index in [2.05, 4.69) is 6.92 Å². The van der Waals surface area contributed by atoms with Gasteiger partial charge in [0.25, 0.3) is 0 Å². The van der Waals surface area contributed by atoms with Gasteiger partial charge in [-0.05, 0) is 67.1 Å². The first-order chi connectivity index (χ1) is 16.1. The number of ether oxygens (including phenoxy) is 3. The average molecular weight is 446 g/mol. The normalized spacial score (nSPS) is 10.3. The fourth-order valence-electron chi connectivity index (χ4n) is 3.01. The maximum atomic E-state index is 12.4. The molecule has 170 valence electrons. The summed E-state index contributed by atoms with van der Waals surface area (Å²) in [7, 11) is 0. The van der Waals surface area contributed by atoms with Gasteiger partial charge < -0.3 is 14.2 Å². The summed E-state index contributed by atoms with van der Waals surface area (Å²) in [6.07, 6.45) is 5.24. The van der Waals surface area contributed by atoms with Crippen LogP contribution in [0.4, 0.5) is 0 Å². The molecule has 0 bridgehead atoms. The maximum Gasteiger partial charge on any atom is 0.343 e. The van der Waals surface area contributed by atoms with Crippen LogP contribution in [-0.4, -0.2) is 24.8 Å². The molecule has 0 aliphatic rings. The number of carbonyl (C=O) groups excluding carboxylic acids is 3. The van der Waals surface area contributed by atoms with E-state index in [1.165, 1.54) is 37.1 Å². The molecule has 0 amide bonds. The van der Waals surface area contributed by atoms with Gasteiger partial charge in [0.05, 0.1) is 17.7 Å². The monoisotopic (exact) mass is 446 g/mol. The molecule has 3 aromatic rings. The molecule has 0 heterocycles. The van der Waals surface area contributed by atoms with Crippen LogP contribution in [0.25, 0.3) is 0 Å². The predicted octanol–water partition coefficient (Wildman–Crippen LogP) is 5.90. The van der Waals surface area contributed by atoms with E-state index in [-0.39, 0.29) is 0 Å². The Kier molecular flexibility index (Phi) is 8.77. The summed E-state index contributed by atoms with van der Waals surface area (Å²) in [4.78, 5) is 35.3. The Bertz CT molecular complexity index is 1050. The Labute approximate surface area is 193 Å². The highest BCUT2D eigenvalue weighted by molar-refractivity contribution is 5.92. The van der Waals surface area contributed by atoms with Crippen molar-refractivity contribution in [3.63, 3.8) is 0 Å². The van der Waals surface area contributed by atoms with Gasteiger partial charge in [-0.3, -0.25) is 4.79 Å².